The van der Waals surface area contributed by atoms with Gasteiger partial charge in [0, 0.05) is 37.5 Å². The molecule has 0 bridgehead atoms. The van der Waals surface area contributed by atoms with Crippen molar-refractivity contribution in [1.82, 2.24) is 9.78 Å². The number of aryl methyl sites for hydroxylation is 2. The molecule has 0 saturated carbocycles. The summed E-state index contributed by atoms with van der Waals surface area (Å²) >= 11 is 3.44. The van der Waals surface area contributed by atoms with Crippen LogP contribution in [0.2, 0.25) is 0 Å². The van der Waals surface area contributed by atoms with Gasteiger partial charge in [-0.15, -0.1) is 0 Å². The highest BCUT2D eigenvalue weighted by atomic mass is 79.9. The van der Waals surface area contributed by atoms with Crippen molar-refractivity contribution in [2.75, 3.05) is 18.0 Å². The van der Waals surface area contributed by atoms with Crippen LogP contribution in [0.5, 0.6) is 5.75 Å². The number of aromatic nitrogens is 2. The number of hydrogen-bond acceptors (Lipinski definition) is 5. The first-order valence-electron chi connectivity index (χ1n) is 7.81. The van der Waals surface area contributed by atoms with Crippen LogP contribution in [0.25, 0.3) is 0 Å². The van der Waals surface area contributed by atoms with E-state index in [1.165, 1.54) is 0 Å². The molecule has 0 aliphatic carbocycles. The van der Waals surface area contributed by atoms with Gasteiger partial charge in [-0.05, 0) is 25.1 Å². The molecular formula is C16H19BrN4O3. The van der Waals surface area contributed by atoms with Crippen LogP contribution in [-0.2, 0) is 7.05 Å². The molecule has 8 heteroatoms. The first kappa shape index (κ1) is 16.8. The van der Waals surface area contributed by atoms with Crippen molar-refractivity contribution in [2.24, 2.45) is 7.05 Å². The van der Waals surface area contributed by atoms with E-state index < -0.39 is 0 Å². The van der Waals surface area contributed by atoms with Gasteiger partial charge in [-0.2, -0.15) is 5.10 Å². The van der Waals surface area contributed by atoms with Gasteiger partial charge in [-0.3, -0.25) is 10.1 Å². The fourth-order valence-corrected chi connectivity index (χ4v) is 3.50. The number of ether oxygens (including phenoxy) is 1. The van der Waals surface area contributed by atoms with Crippen LogP contribution < -0.4 is 9.64 Å². The highest BCUT2D eigenvalue weighted by Crippen LogP contribution is 2.33. The summed E-state index contributed by atoms with van der Waals surface area (Å²) in [4.78, 5) is 13.0. The normalized spacial score (nSPS) is 15.5. The SMILES string of the molecule is Cc1nn(C)c(N2CCC(Oc3cccc(Br)c3)CC2)c1[N+](=O)[O-]. The summed E-state index contributed by atoms with van der Waals surface area (Å²) < 4.78 is 8.61. The molecule has 0 atom stereocenters. The molecule has 1 aromatic heterocycles. The van der Waals surface area contributed by atoms with Gasteiger partial charge < -0.3 is 9.64 Å². The second kappa shape index (κ2) is 6.80. The number of benzene rings is 1. The number of hydrogen-bond donors (Lipinski definition) is 0. The number of halogens is 1. The largest absolute Gasteiger partial charge is 0.490 e. The number of nitro groups is 1. The summed E-state index contributed by atoms with van der Waals surface area (Å²) in [6, 6.07) is 7.78. The lowest BCUT2D eigenvalue weighted by molar-refractivity contribution is -0.384. The van der Waals surface area contributed by atoms with Gasteiger partial charge in [0.2, 0.25) is 5.82 Å². The molecule has 0 unspecified atom stereocenters. The van der Waals surface area contributed by atoms with Crippen LogP contribution in [0, 0.1) is 17.0 Å². The van der Waals surface area contributed by atoms with Gasteiger partial charge in [0.05, 0.1) is 4.92 Å². The number of anilines is 1. The smallest absolute Gasteiger partial charge is 0.333 e. The molecule has 1 fully saturated rings. The maximum absolute atomic E-state index is 11.3. The molecule has 1 saturated heterocycles. The van der Waals surface area contributed by atoms with E-state index in [1.807, 2.05) is 29.2 Å². The van der Waals surface area contributed by atoms with Crippen LogP contribution in [0.3, 0.4) is 0 Å². The summed E-state index contributed by atoms with van der Waals surface area (Å²) in [6.07, 6.45) is 1.74. The molecule has 1 aliphatic rings. The molecule has 0 amide bonds. The summed E-state index contributed by atoms with van der Waals surface area (Å²) in [7, 11) is 1.75. The molecule has 0 spiro atoms. The molecule has 0 N–H and O–H groups in total. The minimum atomic E-state index is -0.345. The fourth-order valence-electron chi connectivity index (χ4n) is 3.12. The Balaban J connectivity index is 1.68. The Morgan fingerprint density at radius 2 is 2.08 bits per heavy atom. The van der Waals surface area contributed by atoms with E-state index in [9.17, 15) is 10.1 Å². The number of rotatable bonds is 4. The topological polar surface area (TPSA) is 73.4 Å². The minimum Gasteiger partial charge on any atom is -0.490 e. The van der Waals surface area contributed by atoms with E-state index in [0.29, 0.717) is 24.6 Å². The van der Waals surface area contributed by atoms with Crippen LogP contribution in [0.15, 0.2) is 28.7 Å². The van der Waals surface area contributed by atoms with Gasteiger partial charge in [0.25, 0.3) is 0 Å². The van der Waals surface area contributed by atoms with Gasteiger partial charge in [-0.1, -0.05) is 22.0 Å². The Kier molecular flexibility index (Phi) is 4.75. The van der Waals surface area contributed by atoms with Gasteiger partial charge >= 0.3 is 5.69 Å². The first-order valence-corrected chi connectivity index (χ1v) is 8.60. The Hall–Kier alpha value is -2.09. The second-order valence-corrected chi connectivity index (χ2v) is 6.82. The van der Waals surface area contributed by atoms with Crippen LogP contribution >= 0.6 is 15.9 Å². The predicted octanol–water partition coefficient (Wildman–Crippen LogP) is 3.45. The Bertz CT molecular complexity index is 754. The lowest BCUT2D eigenvalue weighted by atomic mass is 10.1. The Morgan fingerprint density at radius 3 is 2.71 bits per heavy atom. The maximum Gasteiger partial charge on any atom is 0.333 e. The zero-order valence-corrected chi connectivity index (χ0v) is 15.2. The third-order valence-electron chi connectivity index (χ3n) is 4.18. The zero-order chi connectivity index (χ0) is 17.3. The van der Waals surface area contributed by atoms with E-state index >= 15 is 0 Å². The highest BCUT2D eigenvalue weighted by Gasteiger charge is 2.31. The lowest BCUT2D eigenvalue weighted by Crippen LogP contribution is -2.39. The van der Waals surface area contributed by atoms with Crippen molar-refractivity contribution in [2.45, 2.75) is 25.9 Å². The number of piperidine rings is 1. The van der Waals surface area contributed by atoms with Crippen molar-refractivity contribution in [3.63, 3.8) is 0 Å². The molecule has 2 heterocycles. The standard InChI is InChI=1S/C16H19BrN4O3/c1-11-15(21(22)23)16(19(2)18-11)20-8-6-13(7-9-20)24-14-5-3-4-12(17)10-14/h3-5,10,13H,6-9H2,1-2H3. The molecule has 7 nitrogen and oxygen atoms in total. The monoisotopic (exact) mass is 394 g/mol. The first-order chi connectivity index (χ1) is 11.5. The predicted molar refractivity (Wildman–Crippen MR) is 94.6 cm³/mol. The summed E-state index contributed by atoms with van der Waals surface area (Å²) in [5.74, 6) is 1.42. The van der Waals surface area contributed by atoms with Crippen molar-refractivity contribution < 1.29 is 9.66 Å². The van der Waals surface area contributed by atoms with Gasteiger partial charge in [0.15, 0.2) is 0 Å². The number of nitrogens with zero attached hydrogens (tertiary/aromatic N) is 4. The molecular weight excluding hydrogens is 376 g/mol. The maximum atomic E-state index is 11.3. The lowest BCUT2D eigenvalue weighted by Gasteiger charge is -2.32. The second-order valence-electron chi connectivity index (χ2n) is 5.90. The average Bonchev–Trinajstić information content (AvgIpc) is 2.82. The van der Waals surface area contributed by atoms with Crippen molar-refractivity contribution in [3.8, 4) is 5.75 Å². The third-order valence-corrected chi connectivity index (χ3v) is 4.68. The molecule has 3 rings (SSSR count). The minimum absolute atomic E-state index is 0.101. The van der Waals surface area contributed by atoms with E-state index in [1.54, 1.807) is 18.7 Å². The van der Waals surface area contributed by atoms with Crippen LogP contribution in [-0.4, -0.2) is 33.9 Å². The van der Waals surface area contributed by atoms with Crippen molar-refractivity contribution >= 4 is 27.4 Å². The zero-order valence-electron chi connectivity index (χ0n) is 13.6. The molecule has 24 heavy (non-hydrogen) atoms. The van der Waals surface area contributed by atoms with Crippen molar-refractivity contribution in [1.29, 1.82) is 0 Å². The van der Waals surface area contributed by atoms with E-state index in [4.69, 9.17) is 4.74 Å². The Labute approximate surface area is 148 Å². The average molecular weight is 395 g/mol. The van der Waals surface area contributed by atoms with Crippen molar-refractivity contribution in [3.05, 3.63) is 44.5 Å². The highest BCUT2D eigenvalue weighted by molar-refractivity contribution is 9.10. The molecule has 1 aromatic carbocycles. The Morgan fingerprint density at radius 1 is 1.38 bits per heavy atom. The van der Waals surface area contributed by atoms with Crippen LogP contribution in [0.1, 0.15) is 18.5 Å². The molecule has 128 valence electrons. The van der Waals surface area contributed by atoms with Crippen LogP contribution in [0.4, 0.5) is 11.5 Å². The molecule has 1 aliphatic heterocycles. The van der Waals surface area contributed by atoms with E-state index in [-0.39, 0.29) is 16.7 Å². The van der Waals surface area contributed by atoms with Gasteiger partial charge in [0.1, 0.15) is 17.5 Å². The third kappa shape index (κ3) is 3.38. The van der Waals surface area contributed by atoms with E-state index in [0.717, 1.165) is 23.1 Å². The van der Waals surface area contributed by atoms with Gasteiger partial charge in [-0.25, -0.2) is 4.68 Å². The summed E-state index contributed by atoms with van der Waals surface area (Å²) in [6.45, 7) is 3.09. The molecule has 0 radical (unpaired) electrons. The fraction of sp³-hybridized carbons (Fsp3) is 0.438. The quantitative estimate of drug-likeness (QED) is 0.586. The molecule has 2 aromatic rings. The summed E-state index contributed by atoms with van der Waals surface area (Å²) in [5, 5.41) is 15.5. The van der Waals surface area contributed by atoms with E-state index in [2.05, 4.69) is 21.0 Å². The summed E-state index contributed by atoms with van der Waals surface area (Å²) in [5.41, 5.74) is 0.550.